The van der Waals surface area contributed by atoms with E-state index in [1.54, 1.807) is 10.9 Å². The van der Waals surface area contributed by atoms with Gasteiger partial charge in [0, 0.05) is 6.20 Å². The summed E-state index contributed by atoms with van der Waals surface area (Å²) in [6.07, 6.45) is 1.66. The fourth-order valence-corrected chi connectivity index (χ4v) is 2.10. The van der Waals surface area contributed by atoms with Gasteiger partial charge in [-0.3, -0.25) is 4.79 Å². The predicted molar refractivity (Wildman–Crippen MR) is 80.0 cm³/mol. The van der Waals surface area contributed by atoms with Crippen molar-refractivity contribution in [1.82, 2.24) is 9.78 Å². The highest BCUT2D eigenvalue weighted by Crippen LogP contribution is 2.16. The predicted octanol–water partition coefficient (Wildman–Crippen LogP) is 2.77. The summed E-state index contributed by atoms with van der Waals surface area (Å²) in [5.41, 5.74) is 1.57. The van der Waals surface area contributed by atoms with Crippen molar-refractivity contribution in [2.45, 2.75) is 0 Å². The second-order valence-electron chi connectivity index (χ2n) is 4.48. The van der Waals surface area contributed by atoms with Gasteiger partial charge < -0.3 is 0 Å². The van der Waals surface area contributed by atoms with Gasteiger partial charge in [-0.25, -0.2) is 4.68 Å². The highest BCUT2D eigenvalue weighted by atomic mass is 16.1. The average molecular weight is 273 g/mol. The average Bonchev–Trinajstić information content (AvgIpc) is 2.56. The SMILES string of the molecule is N#Cc1nn(-c2ccccc2)cc(-c2ccccc2)c1=O. The molecular formula is C17H11N3O. The minimum Gasteiger partial charge on any atom is -0.286 e. The molecule has 1 heterocycles. The molecule has 0 spiro atoms. The molecule has 0 saturated carbocycles. The lowest BCUT2D eigenvalue weighted by molar-refractivity contribution is 0.827. The van der Waals surface area contributed by atoms with Gasteiger partial charge in [0.2, 0.25) is 11.1 Å². The molecule has 0 aliphatic carbocycles. The van der Waals surface area contributed by atoms with Crippen LogP contribution in [0.4, 0.5) is 0 Å². The topological polar surface area (TPSA) is 58.7 Å². The normalized spacial score (nSPS) is 10.0. The second kappa shape index (κ2) is 5.43. The molecule has 0 saturated heterocycles. The molecule has 0 N–H and O–H groups in total. The van der Waals surface area contributed by atoms with E-state index in [4.69, 9.17) is 5.26 Å². The molecule has 3 aromatic rings. The highest BCUT2D eigenvalue weighted by molar-refractivity contribution is 5.63. The van der Waals surface area contributed by atoms with Crippen molar-refractivity contribution in [3.8, 4) is 22.9 Å². The van der Waals surface area contributed by atoms with Crippen molar-refractivity contribution in [3.63, 3.8) is 0 Å². The number of hydrogen-bond acceptors (Lipinski definition) is 3. The van der Waals surface area contributed by atoms with E-state index in [0.29, 0.717) is 5.56 Å². The van der Waals surface area contributed by atoms with E-state index in [2.05, 4.69) is 5.10 Å². The minimum atomic E-state index is -0.351. The van der Waals surface area contributed by atoms with Crippen LogP contribution in [0.25, 0.3) is 16.8 Å². The molecule has 4 nitrogen and oxygen atoms in total. The van der Waals surface area contributed by atoms with Crippen molar-refractivity contribution in [2.24, 2.45) is 0 Å². The minimum absolute atomic E-state index is 0.111. The molecule has 2 aromatic carbocycles. The van der Waals surface area contributed by atoms with Crippen LogP contribution >= 0.6 is 0 Å². The molecule has 0 amide bonds. The maximum absolute atomic E-state index is 12.3. The van der Waals surface area contributed by atoms with Gasteiger partial charge in [-0.15, -0.1) is 0 Å². The lowest BCUT2D eigenvalue weighted by atomic mass is 10.1. The third-order valence-corrected chi connectivity index (χ3v) is 3.13. The molecular weight excluding hydrogens is 262 g/mol. The van der Waals surface area contributed by atoms with Crippen LogP contribution in [-0.4, -0.2) is 9.78 Å². The Morgan fingerprint density at radius 3 is 2.19 bits per heavy atom. The summed E-state index contributed by atoms with van der Waals surface area (Å²) in [7, 11) is 0. The Morgan fingerprint density at radius 1 is 0.952 bits per heavy atom. The number of nitriles is 1. The van der Waals surface area contributed by atoms with Gasteiger partial charge in [0.1, 0.15) is 6.07 Å². The third kappa shape index (κ3) is 2.45. The van der Waals surface area contributed by atoms with E-state index < -0.39 is 0 Å². The Balaban J connectivity index is 2.26. The van der Waals surface area contributed by atoms with Gasteiger partial charge in [0.15, 0.2) is 0 Å². The molecule has 0 radical (unpaired) electrons. The zero-order valence-corrected chi connectivity index (χ0v) is 11.1. The van der Waals surface area contributed by atoms with Gasteiger partial charge in [0.25, 0.3) is 0 Å². The summed E-state index contributed by atoms with van der Waals surface area (Å²) in [6, 6.07) is 20.5. The lowest BCUT2D eigenvalue weighted by Gasteiger charge is -2.08. The molecule has 0 unspecified atom stereocenters. The fraction of sp³-hybridized carbons (Fsp3) is 0. The number of nitrogens with zero attached hydrogens (tertiary/aromatic N) is 3. The maximum Gasteiger partial charge on any atom is 0.226 e. The summed E-state index contributed by atoms with van der Waals surface area (Å²) in [5, 5.41) is 13.2. The summed E-state index contributed by atoms with van der Waals surface area (Å²) in [4.78, 5) is 12.3. The van der Waals surface area contributed by atoms with Gasteiger partial charge in [-0.1, -0.05) is 48.5 Å². The van der Waals surface area contributed by atoms with Crippen LogP contribution in [-0.2, 0) is 0 Å². The fourth-order valence-electron chi connectivity index (χ4n) is 2.10. The van der Waals surface area contributed by atoms with E-state index in [9.17, 15) is 4.79 Å². The van der Waals surface area contributed by atoms with Gasteiger partial charge in [0.05, 0.1) is 11.3 Å². The van der Waals surface area contributed by atoms with E-state index in [-0.39, 0.29) is 11.1 Å². The third-order valence-electron chi connectivity index (χ3n) is 3.13. The number of benzene rings is 2. The van der Waals surface area contributed by atoms with Crippen LogP contribution in [0.5, 0.6) is 0 Å². The van der Waals surface area contributed by atoms with Crippen LogP contribution in [0.2, 0.25) is 0 Å². The second-order valence-corrected chi connectivity index (χ2v) is 4.48. The Bertz CT molecular complexity index is 862. The van der Waals surface area contributed by atoms with E-state index in [1.165, 1.54) is 0 Å². The van der Waals surface area contributed by atoms with Crippen LogP contribution in [0.15, 0.2) is 71.7 Å². The summed E-state index contributed by atoms with van der Waals surface area (Å²) in [5.74, 6) is 0. The Kier molecular flexibility index (Phi) is 3.32. The number of para-hydroxylation sites is 1. The van der Waals surface area contributed by atoms with Crippen LogP contribution in [0.3, 0.4) is 0 Å². The quantitative estimate of drug-likeness (QED) is 0.721. The monoisotopic (exact) mass is 273 g/mol. The molecule has 100 valence electrons. The van der Waals surface area contributed by atoms with Crippen molar-refractivity contribution in [1.29, 1.82) is 5.26 Å². The molecule has 4 heteroatoms. The first-order chi connectivity index (χ1) is 10.3. The number of aromatic nitrogens is 2. The van der Waals surface area contributed by atoms with E-state index >= 15 is 0 Å². The first-order valence-electron chi connectivity index (χ1n) is 6.44. The van der Waals surface area contributed by atoms with Gasteiger partial charge >= 0.3 is 0 Å². The summed E-state index contributed by atoms with van der Waals surface area (Å²) in [6.45, 7) is 0. The molecule has 0 bridgehead atoms. The Labute approximate surface area is 121 Å². The van der Waals surface area contributed by atoms with Crippen LogP contribution in [0.1, 0.15) is 5.69 Å². The van der Waals surface area contributed by atoms with Crippen molar-refractivity contribution in [3.05, 3.63) is 82.8 Å². The van der Waals surface area contributed by atoms with E-state index in [1.807, 2.05) is 66.7 Å². The standard InChI is InChI=1S/C17H11N3O/c18-11-16-17(21)15(13-7-3-1-4-8-13)12-20(19-16)14-9-5-2-6-10-14/h1-10,12H. The molecule has 0 aliphatic rings. The highest BCUT2D eigenvalue weighted by Gasteiger charge is 2.11. The van der Waals surface area contributed by atoms with Crippen LogP contribution in [0, 0.1) is 11.3 Å². The molecule has 0 aliphatic heterocycles. The smallest absolute Gasteiger partial charge is 0.226 e. The molecule has 0 fully saturated rings. The lowest BCUT2D eigenvalue weighted by Crippen LogP contribution is -2.17. The van der Waals surface area contributed by atoms with Crippen LogP contribution < -0.4 is 5.43 Å². The largest absolute Gasteiger partial charge is 0.286 e. The van der Waals surface area contributed by atoms with E-state index in [0.717, 1.165) is 11.3 Å². The zero-order chi connectivity index (χ0) is 14.7. The van der Waals surface area contributed by atoms with Crippen molar-refractivity contribution in [2.75, 3.05) is 0 Å². The van der Waals surface area contributed by atoms with Crippen molar-refractivity contribution >= 4 is 0 Å². The first kappa shape index (κ1) is 12.8. The Hall–Kier alpha value is -3.19. The molecule has 21 heavy (non-hydrogen) atoms. The zero-order valence-electron chi connectivity index (χ0n) is 11.1. The molecule has 1 aromatic heterocycles. The number of hydrogen-bond donors (Lipinski definition) is 0. The van der Waals surface area contributed by atoms with Crippen molar-refractivity contribution < 1.29 is 0 Å². The van der Waals surface area contributed by atoms with Gasteiger partial charge in [-0.2, -0.15) is 10.4 Å². The first-order valence-corrected chi connectivity index (χ1v) is 6.44. The Morgan fingerprint density at radius 2 is 1.57 bits per heavy atom. The molecule has 0 atom stereocenters. The summed E-state index contributed by atoms with van der Waals surface area (Å²) < 4.78 is 1.56. The number of rotatable bonds is 2. The maximum atomic E-state index is 12.3. The van der Waals surface area contributed by atoms with Gasteiger partial charge in [-0.05, 0) is 17.7 Å². The summed E-state index contributed by atoms with van der Waals surface area (Å²) >= 11 is 0. The molecule has 3 rings (SSSR count).